The Labute approximate surface area is 104 Å². The summed E-state index contributed by atoms with van der Waals surface area (Å²) in [6, 6.07) is 4.23. The fraction of sp³-hybridized carbons (Fsp3) is 0.692. The minimum absolute atomic E-state index is 0. The van der Waals surface area contributed by atoms with Crippen LogP contribution in [0.4, 0.5) is 0 Å². The molecule has 16 heavy (non-hydrogen) atoms. The van der Waals surface area contributed by atoms with E-state index >= 15 is 0 Å². The Morgan fingerprint density at radius 2 is 1.75 bits per heavy atom. The maximum Gasteiger partial charge on any atom is 0.124 e. The van der Waals surface area contributed by atoms with Crippen molar-refractivity contribution in [2.45, 2.75) is 44.6 Å². The molecule has 0 saturated heterocycles. The lowest BCUT2D eigenvalue weighted by molar-refractivity contribution is 0.0733. The van der Waals surface area contributed by atoms with E-state index in [1.165, 1.54) is 32.1 Å². The third-order valence-corrected chi connectivity index (χ3v) is 3.74. The summed E-state index contributed by atoms with van der Waals surface area (Å²) in [7, 11) is 4.34. The van der Waals surface area contributed by atoms with Gasteiger partial charge in [-0.1, -0.05) is 19.3 Å². The molecule has 0 radical (unpaired) electrons. The number of hydrogen-bond donors (Lipinski definition) is 0. The van der Waals surface area contributed by atoms with Crippen molar-refractivity contribution >= 4 is 12.4 Å². The predicted octanol–water partition coefficient (Wildman–Crippen LogP) is 3.73. The Kier molecular flexibility index (Phi) is 4.45. The normalized spacial score (nSPS) is 19.5. The fourth-order valence-corrected chi connectivity index (χ4v) is 2.74. The molecule has 2 rings (SSSR count). The molecule has 0 atom stereocenters. The van der Waals surface area contributed by atoms with Crippen LogP contribution in [0, 0.1) is 6.92 Å². The second-order valence-electron chi connectivity index (χ2n) is 4.90. The quantitative estimate of drug-likeness (QED) is 0.787. The van der Waals surface area contributed by atoms with Crippen molar-refractivity contribution in [3.63, 3.8) is 0 Å². The molecule has 1 fully saturated rings. The van der Waals surface area contributed by atoms with E-state index in [0.717, 1.165) is 11.5 Å². The van der Waals surface area contributed by atoms with Gasteiger partial charge in [-0.3, -0.25) is 4.90 Å². The Balaban J connectivity index is 0.00000128. The maximum absolute atomic E-state index is 5.85. The first-order chi connectivity index (χ1) is 7.15. The van der Waals surface area contributed by atoms with E-state index in [4.69, 9.17) is 4.42 Å². The Bertz CT molecular complexity index is 326. The van der Waals surface area contributed by atoms with Gasteiger partial charge in [0.1, 0.15) is 11.5 Å². The third-order valence-electron chi connectivity index (χ3n) is 3.74. The van der Waals surface area contributed by atoms with E-state index < -0.39 is 0 Å². The van der Waals surface area contributed by atoms with Gasteiger partial charge >= 0.3 is 0 Å². The molecule has 0 unspecified atom stereocenters. The number of nitrogens with zero attached hydrogens (tertiary/aromatic N) is 1. The van der Waals surface area contributed by atoms with Crippen LogP contribution in [-0.2, 0) is 5.54 Å². The topological polar surface area (TPSA) is 16.4 Å². The van der Waals surface area contributed by atoms with Crippen LogP contribution in [0.3, 0.4) is 0 Å². The van der Waals surface area contributed by atoms with Crippen molar-refractivity contribution in [1.82, 2.24) is 4.90 Å². The molecule has 0 N–H and O–H groups in total. The summed E-state index contributed by atoms with van der Waals surface area (Å²) in [5.41, 5.74) is 0.159. The molecule has 0 bridgehead atoms. The van der Waals surface area contributed by atoms with Crippen LogP contribution in [0.1, 0.15) is 43.6 Å². The summed E-state index contributed by atoms with van der Waals surface area (Å²) >= 11 is 0. The molecular weight excluding hydrogens is 222 g/mol. The highest BCUT2D eigenvalue weighted by Crippen LogP contribution is 2.41. The lowest BCUT2D eigenvalue weighted by Gasteiger charge is -2.41. The monoisotopic (exact) mass is 243 g/mol. The summed E-state index contributed by atoms with van der Waals surface area (Å²) in [6.07, 6.45) is 6.46. The van der Waals surface area contributed by atoms with Gasteiger partial charge in [0, 0.05) is 0 Å². The number of furan rings is 1. The highest BCUT2D eigenvalue weighted by atomic mass is 35.5. The van der Waals surface area contributed by atoms with Crippen LogP contribution in [-0.4, -0.2) is 19.0 Å². The summed E-state index contributed by atoms with van der Waals surface area (Å²) in [6.45, 7) is 2.02. The summed E-state index contributed by atoms with van der Waals surface area (Å²) in [5, 5.41) is 0. The predicted molar refractivity (Wildman–Crippen MR) is 69.1 cm³/mol. The molecule has 1 aromatic rings. The lowest BCUT2D eigenvalue weighted by atomic mass is 9.79. The van der Waals surface area contributed by atoms with Gasteiger partial charge < -0.3 is 4.42 Å². The summed E-state index contributed by atoms with van der Waals surface area (Å²) < 4.78 is 5.85. The second-order valence-corrected chi connectivity index (χ2v) is 4.90. The van der Waals surface area contributed by atoms with Gasteiger partial charge in [-0.05, 0) is 46.0 Å². The molecule has 92 valence electrons. The van der Waals surface area contributed by atoms with Crippen LogP contribution in [0.2, 0.25) is 0 Å². The standard InChI is InChI=1S/C13H21NO.ClH/c1-11-7-8-12(15-11)13(14(2)3)9-5-4-6-10-13;/h7-8H,4-6,9-10H2,1-3H3;1H. The zero-order valence-electron chi connectivity index (χ0n) is 10.5. The van der Waals surface area contributed by atoms with Crippen molar-refractivity contribution in [3.05, 3.63) is 23.7 Å². The van der Waals surface area contributed by atoms with Crippen molar-refractivity contribution in [2.24, 2.45) is 0 Å². The van der Waals surface area contributed by atoms with Crippen molar-refractivity contribution in [2.75, 3.05) is 14.1 Å². The van der Waals surface area contributed by atoms with E-state index in [1.807, 2.05) is 6.92 Å². The molecule has 2 nitrogen and oxygen atoms in total. The van der Waals surface area contributed by atoms with E-state index in [0.29, 0.717) is 0 Å². The Morgan fingerprint density at radius 1 is 1.12 bits per heavy atom. The Hall–Kier alpha value is -0.470. The number of aryl methyl sites for hydroxylation is 1. The molecule has 1 heterocycles. The molecule has 0 aliphatic heterocycles. The highest BCUT2D eigenvalue weighted by Gasteiger charge is 2.38. The molecule has 0 aromatic carbocycles. The van der Waals surface area contributed by atoms with Gasteiger partial charge in [-0.2, -0.15) is 0 Å². The van der Waals surface area contributed by atoms with E-state index in [2.05, 4.69) is 31.1 Å². The van der Waals surface area contributed by atoms with Gasteiger partial charge in [0.05, 0.1) is 5.54 Å². The molecule has 3 heteroatoms. The zero-order valence-corrected chi connectivity index (χ0v) is 11.3. The van der Waals surface area contributed by atoms with Gasteiger partial charge in [0.2, 0.25) is 0 Å². The zero-order chi connectivity index (χ0) is 10.9. The molecule has 1 saturated carbocycles. The van der Waals surface area contributed by atoms with E-state index in [9.17, 15) is 0 Å². The fourth-order valence-electron chi connectivity index (χ4n) is 2.74. The first-order valence-electron chi connectivity index (χ1n) is 5.89. The van der Waals surface area contributed by atoms with Gasteiger partial charge in [-0.15, -0.1) is 12.4 Å². The third kappa shape index (κ3) is 2.28. The van der Waals surface area contributed by atoms with Crippen LogP contribution in [0.5, 0.6) is 0 Å². The average molecular weight is 244 g/mol. The van der Waals surface area contributed by atoms with E-state index in [1.54, 1.807) is 0 Å². The molecular formula is C13H22ClNO. The number of rotatable bonds is 2. The Morgan fingerprint density at radius 3 is 2.19 bits per heavy atom. The van der Waals surface area contributed by atoms with Crippen LogP contribution in [0.15, 0.2) is 16.5 Å². The number of hydrogen-bond acceptors (Lipinski definition) is 2. The minimum Gasteiger partial charge on any atom is -0.464 e. The van der Waals surface area contributed by atoms with E-state index in [-0.39, 0.29) is 17.9 Å². The minimum atomic E-state index is 0. The highest BCUT2D eigenvalue weighted by molar-refractivity contribution is 5.85. The first-order valence-corrected chi connectivity index (χ1v) is 5.89. The number of halogens is 1. The van der Waals surface area contributed by atoms with Crippen molar-refractivity contribution in [3.8, 4) is 0 Å². The summed E-state index contributed by atoms with van der Waals surface area (Å²) in [4.78, 5) is 2.34. The molecule has 0 spiro atoms. The largest absolute Gasteiger partial charge is 0.464 e. The molecule has 1 aliphatic carbocycles. The van der Waals surface area contributed by atoms with Gasteiger partial charge in [-0.25, -0.2) is 0 Å². The second kappa shape index (κ2) is 5.24. The molecule has 0 amide bonds. The molecule has 1 aromatic heterocycles. The lowest BCUT2D eigenvalue weighted by Crippen LogP contribution is -2.42. The summed E-state index contributed by atoms with van der Waals surface area (Å²) in [5.74, 6) is 2.18. The first kappa shape index (κ1) is 13.6. The van der Waals surface area contributed by atoms with Crippen LogP contribution < -0.4 is 0 Å². The van der Waals surface area contributed by atoms with Gasteiger partial charge in [0.25, 0.3) is 0 Å². The average Bonchev–Trinajstić information content (AvgIpc) is 2.66. The van der Waals surface area contributed by atoms with Gasteiger partial charge in [0.15, 0.2) is 0 Å². The van der Waals surface area contributed by atoms with Crippen molar-refractivity contribution in [1.29, 1.82) is 0 Å². The van der Waals surface area contributed by atoms with Crippen LogP contribution in [0.25, 0.3) is 0 Å². The maximum atomic E-state index is 5.85. The smallest absolute Gasteiger partial charge is 0.124 e. The van der Waals surface area contributed by atoms with Crippen LogP contribution >= 0.6 is 12.4 Å². The SMILES string of the molecule is Cc1ccc(C2(N(C)C)CCCCC2)o1.Cl. The van der Waals surface area contributed by atoms with Crippen molar-refractivity contribution < 1.29 is 4.42 Å². The molecule has 1 aliphatic rings.